The van der Waals surface area contributed by atoms with Gasteiger partial charge in [-0.05, 0) is 36.8 Å². The van der Waals surface area contributed by atoms with Crippen LogP contribution in [0, 0.1) is 0 Å². The van der Waals surface area contributed by atoms with Crippen LogP contribution in [-0.4, -0.2) is 49.6 Å². The van der Waals surface area contributed by atoms with Crippen molar-refractivity contribution >= 4 is 29.1 Å². The van der Waals surface area contributed by atoms with Crippen LogP contribution in [0.3, 0.4) is 0 Å². The molecule has 3 heterocycles. The van der Waals surface area contributed by atoms with Crippen molar-refractivity contribution in [2.24, 2.45) is 0 Å². The summed E-state index contributed by atoms with van der Waals surface area (Å²) in [7, 11) is 1.52. The maximum atomic E-state index is 13.4. The number of methoxy groups -OCH3 is 1. The molecule has 2 aromatic heterocycles. The zero-order chi connectivity index (χ0) is 22.2. The molecule has 0 saturated carbocycles. The lowest BCUT2D eigenvalue weighted by molar-refractivity contribution is 0.0435. The van der Waals surface area contributed by atoms with Gasteiger partial charge in [0.2, 0.25) is 0 Å². The van der Waals surface area contributed by atoms with Gasteiger partial charge in [-0.1, -0.05) is 34.4 Å². The molecule has 1 aliphatic heterocycles. The Morgan fingerprint density at radius 3 is 2.72 bits per heavy atom. The molecular weight excluding hydrogens is 455 g/mol. The molecule has 162 valence electrons. The quantitative estimate of drug-likeness (QED) is 0.430. The minimum Gasteiger partial charge on any atom is -0.494 e. The van der Waals surface area contributed by atoms with E-state index in [1.165, 1.54) is 24.3 Å². The topological polar surface area (TPSA) is 99.2 Å². The van der Waals surface area contributed by atoms with Gasteiger partial charge in [0, 0.05) is 11.6 Å². The normalized spacial score (nSPS) is 15.5. The fraction of sp³-hybridized carbons (Fsp3) is 0.190. The van der Waals surface area contributed by atoms with E-state index in [4.69, 9.17) is 32.5 Å². The predicted octanol–water partition coefficient (Wildman–Crippen LogP) is 4.22. The summed E-state index contributed by atoms with van der Waals surface area (Å²) in [5, 5.41) is 13.3. The number of carbonyl (C=O) groups is 1. The van der Waals surface area contributed by atoms with Gasteiger partial charge in [-0.2, -0.15) is 20.0 Å². The third kappa shape index (κ3) is 3.49. The second-order valence-electron chi connectivity index (χ2n) is 7.06. The maximum absolute atomic E-state index is 13.4. The van der Waals surface area contributed by atoms with E-state index in [9.17, 15) is 4.79 Å². The molecule has 0 N–H and O–H groups in total. The van der Waals surface area contributed by atoms with E-state index in [0.717, 1.165) is 0 Å². The predicted molar refractivity (Wildman–Crippen MR) is 116 cm³/mol. The number of ether oxygens (including phenoxy) is 1. The van der Waals surface area contributed by atoms with E-state index >= 15 is 0 Å². The first-order valence-electron chi connectivity index (χ1n) is 9.70. The summed E-state index contributed by atoms with van der Waals surface area (Å²) in [5.74, 6) is 0.932. The Balaban J connectivity index is 1.44. The molecule has 1 atom stereocenters. The Hall–Kier alpha value is -3.43. The number of carbonyl (C=O) groups excluding carboxylic acids is 1. The van der Waals surface area contributed by atoms with Crippen LogP contribution in [-0.2, 0) is 0 Å². The van der Waals surface area contributed by atoms with Crippen molar-refractivity contribution in [3.8, 4) is 22.9 Å². The third-order valence-corrected chi connectivity index (χ3v) is 5.78. The molecule has 1 amide bonds. The van der Waals surface area contributed by atoms with Crippen LogP contribution in [0.5, 0.6) is 5.75 Å². The summed E-state index contributed by atoms with van der Waals surface area (Å²) in [6.07, 6.45) is 3.78. The first-order chi connectivity index (χ1) is 15.6. The zero-order valence-corrected chi connectivity index (χ0v) is 18.3. The molecule has 9 nitrogen and oxygen atoms in total. The molecule has 1 saturated heterocycles. The monoisotopic (exact) mass is 470 g/mol. The Kier molecular flexibility index (Phi) is 5.28. The lowest BCUT2D eigenvalue weighted by Gasteiger charge is -2.39. The van der Waals surface area contributed by atoms with E-state index in [2.05, 4.69) is 20.3 Å². The van der Waals surface area contributed by atoms with Crippen LogP contribution >= 0.6 is 23.2 Å². The highest BCUT2D eigenvalue weighted by molar-refractivity contribution is 6.32. The number of para-hydroxylation sites is 1. The van der Waals surface area contributed by atoms with Crippen LogP contribution in [0.25, 0.3) is 17.1 Å². The molecule has 0 spiro atoms. The molecule has 1 aliphatic rings. The molecule has 5 rings (SSSR count). The van der Waals surface area contributed by atoms with Gasteiger partial charge in [0.05, 0.1) is 47.4 Å². The van der Waals surface area contributed by atoms with Crippen LogP contribution in [0.15, 0.2) is 53.3 Å². The summed E-state index contributed by atoms with van der Waals surface area (Å²) in [6, 6.07) is 9.93. The number of likely N-dealkylation sites (tertiary alicyclic amines) is 1. The molecular formula is C21H16Cl2N6O3. The van der Waals surface area contributed by atoms with Gasteiger partial charge >= 0.3 is 0 Å². The van der Waals surface area contributed by atoms with E-state index in [0.29, 0.717) is 51.4 Å². The zero-order valence-electron chi connectivity index (χ0n) is 16.8. The van der Waals surface area contributed by atoms with Gasteiger partial charge in [-0.3, -0.25) is 4.79 Å². The van der Waals surface area contributed by atoms with E-state index < -0.39 is 0 Å². The number of nitrogens with zero attached hydrogens (tertiary/aromatic N) is 6. The minimum absolute atomic E-state index is 0.197. The largest absolute Gasteiger partial charge is 0.494 e. The number of halogens is 2. The third-order valence-electron chi connectivity index (χ3n) is 5.25. The Bertz CT molecular complexity index is 1290. The lowest BCUT2D eigenvalue weighted by Crippen LogP contribution is -2.45. The molecule has 11 heteroatoms. The second-order valence-corrected chi connectivity index (χ2v) is 7.91. The van der Waals surface area contributed by atoms with Crippen molar-refractivity contribution in [3.05, 3.63) is 70.2 Å². The SMILES string of the molecule is COc1c(Cl)cccc1-c1nc(C2CCN2C(=O)c2ccc(Cl)cc2-n2nccn2)no1. The van der Waals surface area contributed by atoms with E-state index in [1.54, 1.807) is 41.3 Å². The van der Waals surface area contributed by atoms with Gasteiger partial charge in [-0.15, -0.1) is 0 Å². The Morgan fingerprint density at radius 1 is 1.19 bits per heavy atom. The van der Waals surface area contributed by atoms with Crippen molar-refractivity contribution in [2.75, 3.05) is 13.7 Å². The van der Waals surface area contributed by atoms with E-state index in [1.807, 2.05) is 0 Å². The van der Waals surface area contributed by atoms with Crippen LogP contribution in [0.2, 0.25) is 10.0 Å². The highest BCUT2D eigenvalue weighted by atomic mass is 35.5. The summed E-state index contributed by atoms with van der Waals surface area (Å²) in [5.41, 5.74) is 1.51. The van der Waals surface area contributed by atoms with Crippen molar-refractivity contribution in [2.45, 2.75) is 12.5 Å². The molecule has 1 unspecified atom stereocenters. The van der Waals surface area contributed by atoms with Gasteiger partial charge < -0.3 is 14.2 Å². The number of hydrogen-bond donors (Lipinski definition) is 0. The van der Waals surface area contributed by atoms with Crippen LogP contribution < -0.4 is 4.74 Å². The number of hydrogen-bond acceptors (Lipinski definition) is 7. The van der Waals surface area contributed by atoms with Crippen molar-refractivity contribution < 1.29 is 14.1 Å². The molecule has 1 fully saturated rings. The standard InChI is InChI=1S/C21H16Cl2N6O3/c1-31-18-14(3-2-4-15(18)23)20-26-19(27-32-20)16-7-10-28(16)21(30)13-6-5-12(22)11-17(13)29-24-8-9-25-29/h2-6,8-9,11,16H,7,10H2,1H3. The lowest BCUT2D eigenvalue weighted by atomic mass is 10.00. The Morgan fingerprint density at radius 2 is 2.00 bits per heavy atom. The van der Waals surface area contributed by atoms with Crippen LogP contribution in [0.4, 0.5) is 0 Å². The summed E-state index contributed by atoms with van der Waals surface area (Å²) >= 11 is 12.3. The highest BCUT2D eigenvalue weighted by Gasteiger charge is 2.38. The molecule has 0 radical (unpaired) electrons. The second kappa shape index (κ2) is 8.25. The van der Waals surface area contributed by atoms with Crippen molar-refractivity contribution in [1.82, 2.24) is 30.0 Å². The summed E-state index contributed by atoms with van der Waals surface area (Å²) in [4.78, 5) is 20.9. The van der Waals surface area contributed by atoms with E-state index in [-0.39, 0.29) is 17.8 Å². The first kappa shape index (κ1) is 20.5. The number of benzene rings is 2. The highest BCUT2D eigenvalue weighted by Crippen LogP contribution is 2.38. The van der Waals surface area contributed by atoms with Crippen LogP contribution in [0.1, 0.15) is 28.6 Å². The van der Waals surface area contributed by atoms with Gasteiger partial charge in [0.1, 0.15) is 5.75 Å². The molecule has 0 aliphatic carbocycles. The fourth-order valence-electron chi connectivity index (χ4n) is 3.61. The van der Waals surface area contributed by atoms with Crippen molar-refractivity contribution in [1.29, 1.82) is 0 Å². The minimum atomic E-state index is -0.320. The van der Waals surface area contributed by atoms with Gasteiger partial charge in [0.25, 0.3) is 11.8 Å². The Labute approximate surface area is 192 Å². The molecule has 0 bridgehead atoms. The first-order valence-corrected chi connectivity index (χ1v) is 10.5. The summed E-state index contributed by atoms with van der Waals surface area (Å²) < 4.78 is 10.8. The number of aromatic nitrogens is 5. The van der Waals surface area contributed by atoms with Crippen molar-refractivity contribution in [3.63, 3.8) is 0 Å². The fourth-order valence-corrected chi connectivity index (χ4v) is 4.03. The summed E-state index contributed by atoms with van der Waals surface area (Å²) in [6.45, 7) is 0.558. The average Bonchev–Trinajstić information content (AvgIpc) is 3.45. The maximum Gasteiger partial charge on any atom is 0.261 e. The average molecular weight is 471 g/mol. The van der Waals surface area contributed by atoms with Gasteiger partial charge in [-0.25, -0.2) is 0 Å². The smallest absolute Gasteiger partial charge is 0.261 e. The molecule has 4 aromatic rings. The van der Waals surface area contributed by atoms with Gasteiger partial charge in [0.15, 0.2) is 5.82 Å². The molecule has 32 heavy (non-hydrogen) atoms. The number of amides is 1. The molecule has 2 aromatic carbocycles. The number of rotatable bonds is 5.